The molecule has 0 bridgehead atoms. The number of carboxylic acids is 1. The lowest BCUT2D eigenvalue weighted by Gasteiger charge is -2.16. The number of anilines is 1. The fourth-order valence-electron chi connectivity index (χ4n) is 2.38. The number of carboxylic acid groups (broad SMARTS) is 1. The Balaban J connectivity index is 2.01. The number of ether oxygens (including phenoxy) is 1. The Bertz CT molecular complexity index is 755. The van der Waals surface area contributed by atoms with E-state index in [0.29, 0.717) is 22.9 Å². The van der Waals surface area contributed by atoms with Gasteiger partial charge >= 0.3 is 5.97 Å². The summed E-state index contributed by atoms with van der Waals surface area (Å²) in [6.07, 6.45) is -0.761. The molecule has 2 aromatic rings. The van der Waals surface area contributed by atoms with E-state index in [-0.39, 0.29) is 12.3 Å². The number of benzene rings is 2. The third-order valence-corrected chi connectivity index (χ3v) is 3.76. The fourth-order valence-corrected chi connectivity index (χ4v) is 2.38. The smallest absolute Gasteiger partial charge is 0.307 e. The first kappa shape index (κ1) is 18.5. The monoisotopic (exact) mass is 341 g/mol. The molecule has 0 radical (unpaired) electrons. The summed E-state index contributed by atoms with van der Waals surface area (Å²) in [5.41, 5.74) is 2.32. The molecule has 132 valence electrons. The average Bonchev–Trinajstić information content (AvgIpc) is 2.54. The van der Waals surface area contributed by atoms with Crippen LogP contribution in [0.25, 0.3) is 0 Å². The second-order valence-electron chi connectivity index (χ2n) is 6.25. The lowest BCUT2D eigenvalue weighted by Crippen LogP contribution is -2.30. The maximum Gasteiger partial charge on any atom is 0.307 e. The Labute approximate surface area is 147 Å². The highest BCUT2D eigenvalue weighted by Gasteiger charge is 2.15. The number of carbonyl (C=O) groups excluding carboxylic acids is 1. The fraction of sp³-hybridized carbons (Fsp3) is 0.300. The van der Waals surface area contributed by atoms with Crippen molar-refractivity contribution in [3.63, 3.8) is 0 Å². The summed E-state index contributed by atoms with van der Waals surface area (Å²) >= 11 is 0. The van der Waals surface area contributed by atoms with Gasteiger partial charge in [-0.2, -0.15) is 0 Å². The summed E-state index contributed by atoms with van der Waals surface area (Å²) in [5.74, 6) is -0.175. The van der Waals surface area contributed by atoms with Crippen molar-refractivity contribution in [3.05, 3.63) is 59.7 Å². The second kappa shape index (κ2) is 8.33. The molecule has 0 saturated carbocycles. The number of rotatable bonds is 7. The predicted molar refractivity (Wildman–Crippen MR) is 97.0 cm³/mol. The van der Waals surface area contributed by atoms with Crippen molar-refractivity contribution in [1.29, 1.82) is 0 Å². The Kier molecular flexibility index (Phi) is 6.17. The van der Waals surface area contributed by atoms with Crippen molar-refractivity contribution in [2.24, 2.45) is 0 Å². The number of aliphatic carboxylic acids is 1. The third kappa shape index (κ3) is 5.64. The van der Waals surface area contributed by atoms with Crippen LogP contribution >= 0.6 is 0 Å². The molecular formula is C20H23NO4. The van der Waals surface area contributed by atoms with Crippen LogP contribution in [0.5, 0.6) is 5.75 Å². The highest BCUT2D eigenvalue weighted by Crippen LogP contribution is 2.21. The van der Waals surface area contributed by atoms with E-state index in [1.165, 1.54) is 0 Å². The minimum atomic E-state index is -0.912. The Morgan fingerprint density at radius 3 is 2.48 bits per heavy atom. The van der Waals surface area contributed by atoms with Gasteiger partial charge in [0.25, 0.3) is 5.91 Å². The Morgan fingerprint density at radius 2 is 1.80 bits per heavy atom. The Morgan fingerprint density at radius 1 is 1.08 bits per heavy atom. The first-order valence-electron chi connectivity index (χ1n) is 8.23. The van der Waals surface area contributed by atoms with Crippen LogP contribution in [0, 0.1) is 0 Å². The van der Waals surface area contributed by atoms with Crippen molar-refractivity contribution >= 4 is 17.6 Å². The minimum absolute atomic E-state index is 0.0856. The van der Waals surface area contributed by atoms with Gasteiger partial charge < -0.3 is 15.2 Å². The van der Waals surface area contributed by atoms with Crippen LogP contribution in [0.1, 0.15) is 37.8 Å². The molecule has 1 unspecified atom stereocenters. The molecule has 2 aromatic carbocycles. The summed E-state index contributed by atoms with van der Waals surface area (Å²) < 4.78 is 5.73. The van der Waals surface area contributed by atoms with Gasteiger partial charge in [-0.1, -0.05) is 38.1 Å². The second-order valence-corrected chi connectivity index (χ2v) is 6.25. The highest BCUT2D eigenvalue weighted by atomic mass is 16.5. The first-order valence-corrected chi connectivity index (χ1v) is 8.23. The van der Waals surface area contributed by atoms with Crippen molar-refractivity contribution in [1.82, 2.24) is 0 Å². The van der Waals surface area contributed by atoms with E-state index in [1.807, 2.05) is 24.3 Å². The highest BCUT2D eigenvalue weighted by molar-refractivity contribution is 5.94. The van der Waals surface area contributed by atoms with Crippen LogP contribution in [0.15, 0.2) is 48.5 Å². The summed E-state index contributed by atoms with van der Waals surface area (Å²) in [6, 6.07) is 14.5. The number of nitrogens with one attached hydrogen (secondary N) is 1. The zero-order chi connectivity index (χ0) is 18.4. The van der Waals surface area contributed by atoms with E-state index >= 15 is 0 Å². The van der Waals surface area contributed by atoms with Crippen molar-refractivity contribution in [3.8, 4) is 5.75 Å². The maximum atomic E-state index is 12.3. The van der Waals surface area contributed by atoms with Gasteiger partial charge in [0.1, 0.15) is 5.75 Å². The number of hydrogen-bond acceptors (Lipinski definition) is 3. The molecule has 5 heteroatoms. The summed E-state index contributed by atoms with van der Waals surface area (Å²) in [4.78, 5) is 23.1. The first-order chi connectivity index (χ1) is 11.8. The normalized spacial score (nSPS) is 11.8. The van der Waals surface area contributed by atoms with Gasteiger partial charge in [0, 0.05) is 5.69 Å². The predicted octanol–water partition coefficient (Wildman–Crippen LogP) is 3.84. The van der Waals surface area contributed by atoms with Crippen LogP contribution in [0.4, 0.5) is 5.69 Å². The van der Waals surface area contributed by atoms with Gasteiger partial charge in [-0.3, -0.25) is 9.59 Å². The zero-order valence-corrected chi connectivity index (χ0v) is 14.7. The number of amides is 1. The number of hydrogen-bond donors (Lipinski definition) is 2. The quantitative estimate of drug-likeness (QED) is 0.802. The van der Waals surface area contributed by atoms with Crippen LogP contribution in [0.2, 0.25) is 0 Å². The van der Waals surface area contributed by atoms with Crippen molar-refractivity contribution in [2.45, 2.75) is 39.2 Å². The van der Waals surface area contributed by atoms with Gasteiger partial charge in [0.2, 0.25) is 0 Å². The molecule has 0 saturated heterocycles. The van der Waals surface area contributed by atoms with Gasteiger partial charge in [-0.15, -0.1) is 0 Å². The molecule has 0 aliphatic carbocycles. The molecule has 1 atom stereocenters. The van der Waals surface area contributed by atoms with Crippen LogP contribution in [-0.4, -0.2) is 23.1 Å². The van der Waals surface area contributed by atoms with Crippen molar-refractivity contribution < 1.29 is 19.4 Å². The SMILES string of the molecule is CC(Oc1cccc(C(C)C)c1)C(=O)Nc1cccc(CC(=O)O)c1. The molecular weight excluding hydrogens is 318 g/mol. The standard InChI is InChI=1S/C20H23NO4/c1-13(2)16-7-5-9-18(12-16)25-14(3)20(24)21-17-8-4-6-15(10-17)11-19(22)23/h4-10,12-14H,11H2,1-3H3,(H,21,24)(H,22,23). The van der Waals surface area contributed by atoms with Crippen LogP contribution < -0.4 is 10.1 Å². The summed E-state index contributed by atoms with van der Waals surface area (Å²) in [6.45, 7) is 5.87. The molecule has 0 aliphatic heterocycles. The van der Waals surface area contributed by atoms with Crippen LogP contribution in [-0.2, 0) is 16.0 Å². The lowest BCUT2D eigenvalue weighted by atomic mass is 10.0. The third-order valence-electron chi connectivity index (χ3n) is 3.76. The van der Waals surface area contributed by atoms with E-state index < -0.39 is 12.1 Å². The molecule has 25 heavy (non-hydrogen) atoms. The van der Waals surface area contributed by atoms with E-state index in [9.17, 15) is 9.59 Å². The van der Waals surface area contributed by atoms with Crippen molar-refractivity contribution in [2.75, 3.05) is 5.32 Å². The largest absolute Gasteiger partial charge is 0.481 e. The molecule has 0 aromatic heterocycles. The molecule has 0 heterocycles. The Hall–Kier alpha value is -2.82. The van der Waals surface area contributed by atoms with E-state index in [4.69, 9.17) is 9.84 Å². The maximum absolute atomic E-state index is 12.3. The number of carbonyl (C=O) groups is 2. The van der Waals surface area contributed by atoms with Gasteiger partial charge in [0.15, 0.2) is 6.10 Å². The zero-order valence-electron chi connectivity index (χ0n) is 14.7. The topological polar surface area (TPSA) is 75.6 Å². The molecule has 0 fully saturated rings. The lowest BCUT2D eigenvalue weighted by molar-refractivity contribution is -0.136. The van der Waals surface area contributed by atoms with Gasteiger partial charge in [0.05, 0.1) is 6.42 Å². The molecule has 1 amide bonds. The van der Waals surface area contributed by atoms with E-state index in [0.717, 1.165) is 5.56 Å². The van der Waals surface area contributed by atoms with E-state index in [1.54, 1.807) is 31.2 Å². The molecule has 2 N–H and O–H groups in total. The molecule has 2 rings (SSSR count). The minimum Gasteiger partial charge on any atom is -0.481 e. The molecule has 5 nitrogen and oxygen atoms in total. The molecule has 0 aliphatic rings. The average molecular weight is 341 g/mol. The van der Waals surface area contributed by atoms with Gasteiger partial charge in [-0.05, 0) is 48.2 Å². The summed E-state index contributed by atoms with van der Waals surface area (Å²) in [7, 11) is 0. The summed E-state index contributed by atoms with van der Waals surface area (Å²) in [5, 5.41) is 11.6. The van der Waals surface area contributed by atoms with E-state index in [2.05, 4.69) is 19.2 Å². The van der Waals surface area contributed by atoms with Crippen LogP contribution in [0.3, 0.4) is 0 Å². The van der Waals surface area contributed by atoms with Gasteiger partial charge in [-0.25, -0.2) is 0 Å². The molecule has 0 spiro atoms.